The molecule has 1 aliphatic rings. The summed E-state index contributed by atoms with van der Waals surface area (Å²) in [6, 6.07) is 3.54. The summed E-state index contributed by atoms with van der Waals surface area (Å²) in [4.78, 5) is 0. The molecule has 5 heteroatoms. The van der Waals surface area contributed by atoms with Crippen LogP contribution in [0.1, 0.15) is 24.4 Å². The van der Waals surface area contributed by atoms with Gasteiger partial charge < -0.3 is 10.8 Å². The Kier molecular flexibility index (Phi) is 4.56. The van der Waals surface area contributed by atoms with Gasteiger partial charge in [-0.3, -0.25) is 0 Å². The summed E-state index contributed by atoms with van der Waals surface area (Å²) in [6.45, 7) is 0. The third-order valence-corrected chi connectivity index (χ3v) is 3.12. The maximum atomic E-state index is 12.8. The molecule has 0 bridgehead atoms. The topological polar surface area (TPSA) is 46.2 Å². The molecule has 16 heavy (non-hydrogen) atoms. The van der Waals surface area contributed by atoms with Crippen molar-refractivity contribution in [2.75, 3.05) is 0 Å². The average Bonchev–Trinajstić information content (AvgIpc) is 2.99. The summed E-state index contributed by atoms with van der Waals surface area (Å²) in [6.07, 6.45) is 1.44. The lowest BCUT2D eigenvalue weighted by Gasteiger charge is -2.19. The Hall–Kier alpha value is -0.350. The average molecular weight is 266 g/mol. The Bertz CT molecular complexity index is 371. The van der Waals surface area contributed by atoms with Crippen LogP contribution in [0.4, 0.5) is 4.39 Å². The molecule has 0 aliphatic heterocycles. The Morgan fingerprint density at radius 2 is 2.06 bits per heavy atom. The summed E-state index contributed by atoms with van der Waals surface area (Å²) in [5.41, 5.74) is 6.48. The molecule has 1 aromatic rings. The molecule has 0 heterocycles. The van der Waals surface area contributed by atoms with Gasteiger partial charge in [0.2, 0.25) is 0 Å². The molecule has 1 aliphatic carbocycles. The fourth-order valence-electron chi connectivity index (χ4n) is 1.69. The molecule has 90 valence electrons. The summed E-state index contributed by atoms with van der Waals surface area (Å²) in [7, 11) is 0. The number of hydrogen-bond acceptors (Lipinski definition) is 2. The van der Waals surface area contributed by atoms with Crippen LogP contribution in [0.2, 0.25) is 5.02 Å². The number of benzene rings is 1. The zero-order valence-corrected chi connectivity index (χ0v) is 10.1. The predicted molar refractivity (Wildman–Crippen MR) is 64.3 cm³/mol. The monoisotopic (exact) mass is 265 g/mol. The van der Waals surface area contributed by atoms with Gasteiger partial charge in [0.15, 0.2) is 0 Å². The molecule has 1 fully saturated rings. The highest BCUT2D eigenvalue weighted by Gasteiger charge is 2.34. The zero-order valence-electron chi connectivity index (χ0n) is 8.57. The van der Waals surface area contributed by atoms with Crippen LogP contribution in [0.25, 0.3) is 0 Å². The van der Waals surface area contributed by atoms with Gasteiger partial charge in [0.25, 0.3) is 0 Å². The van der Waals surface area contributed by atoms with Crippen molar-refractivity contribution in [1.82, 2.24) is 0 Å². The maximum Gasteiger partial charge on any atom is 0.124 e. The first kappa shape index (κ1) is 13.7. The molecule has 0 radical (unpaired) electrons. The van der Waals surface area contributed by atoms with E-state index in [-0.39, 0.29) is 23.3 Å². The first-order valence-corrected chi connectivity index (χ1v) is 5.36. The van der Waals surface area contributed by atoms with Gasteiger partial charge in [0, 0.05) is 5.02 Å². The summed E-state index contributed by atoms with van der Waals surface area (Å²) < 4.78 is 12.8. The van der Waals surface area contributed by atoms with E-state index in [1.807, 2.05) is 0 Å². The highest BCUT2D eigenvalue weighted by molar-refractivity contribution is 6.31. The lowest BCUT2D eigenvalue weighted by Crippen LogP contribution is -2.28. The fourth-order valence-corrected chi connectivity index (χ4v) is 1.98. The summed E-state index contributed by atoms with van der Waals surface area (Å²) in [5.74, 6) is -0.113. The molecule has 2 rings (SSSR count). The highest BCUT2D eigenvalue weighted by atomic mass is 35.5. The quantitative estimate of drug-likeness (QED) is 0.883. The smallest absolute Gasteiger partial charge is 0.124 e. The van der Waals surface area contributed by atoms with E-state index in [0.29, 0.717) is 5.56 Å². The second-order valence-corrected chi connectivity index (χ2v) is 4.43. The molecular formula is C11H14Cl2FNO. The highest BCUT2D eigenvalue weighted by Crippen LogP contribution is 2.38. The van der Waals surface area contributed by atoms with Crippen molar-refractivity contribution in [3.8, 4) is 0 Å². The number of rotatable bonds is 3. The van der Waals surface area contributed by atoms with Gasteiger partial charge in [-0.25, -0.2) is 4.39 Å². The van der Waals surface area contributed by atoms with Crippen molar-refractivity contribution in [3.63, 3.8) is 0 Å². The molecular weight excluding hydrogens is 252 g/mol. The molecule has 0 spiro atoms. The van der Waals surface area contributed by atoms with E-state index in [1.54, 1.807) is 0 Å². The molecule has 2 atom stereocenters. The van der Waals surface area contributed by atoms with Gasteiger partial charge in [-0.2, -0.15) is 0 Å². The van der Waals surface area contributed by atoms with Crippen molar-refractivity contribution in [2.45, 2.75) is 25.0 Å². The van der Waals surface area contributed by atoms with Gasteiger partial charge in [-0.05, 0) is 36.5 Å². The second kappa shape index (κ2) is 5.32. The van der Waals surface area contributed by atoms with E-state index in [1.165, 1.54) is 18.2 Å². The molecule has 0 saturated heterocycles. The number of aliphatic hydroxyl groups excluding tert-OH is 1. The third kappa shape index (κ3) is 2.86. The minimum absolute atomic E-state index is 0. The fraction of sp³-hybridized carbons (Fsp3) is 0.455. The Morgan fingerprint density at radius 1 is 1.44 bits per heavy atom. The van der Waals surface area contributed by atoms with Crippen LogP contribution in [0.15, 0.2) is 18.2 Å². The number of aliphatic hydroxyl groups is 1. The molecule has 0 unspecified atom stereocenters. The first-order chi connectivity index (χ1) is 7.09. The molecule has 1 aromatic carbocycles. The van der Waals surface area contributed by atoms with Gasteiger partial charge in [-0.15, -0.1) is 12.4 Å². The predicted octanol–water partition coefficient (Wildman–Crippen LogP) is 2.67. The van der Waals surface area contributed by atoms with Crippen LogP contribution in [0, 0.1) is 11.7 Å². The number of nitrogens with two attached hydrogens (primary N) is 1. The molecule has 1 saturated carbocycles. The molecule has 2 nitrogen and oxygen atoms in total. The second-order valence-electron chi connectivity index (χ2n) is 4.02. The number of hydrogen-bond donors (Lipinski definition) is 2. The van der Waals surface area contributed by atoms with E-state index >= 15 is 0 Å². The Balaban J connectivity index is 0.00000128. The van der Waals surface area contributed by atoms with Crippen LogP contribution in [-0.2, 0) is 0 Å². The van der Waals surface area contributed by atoms with Crippen molar-refractivity contribution in [3.05, 3.63) is 34.6 Å². The van der Waals surface area contributed by atoms with E-state index in [2.05, 4.69) is 0 Å². The maximum absolute atomic E-state index is 12.8. The molecule has 0 aromatic heterocycles. The Labute approximate surface area is 105 Å². The van der Waals surface area contributed by atoms with Crippen LogP contribution in [0.5, 0.6) is 0 Å². The number of halogens is 3. The largest absolute Gasteiger partial charge is 0.391 e. The van der Waals surface area contributed by atoms with Crippen LogP contribution in [-0.4, -0.2) is 11.2 Å². The van der Waals surface area contributed by atoms with Crippen LogP contribution in [0.3, 0.4) is 0 Å². The van der Waals surface area contributed by atoms with E-state index in [0.717, 1.165) is 12.8 Å². The van der Waals surface area contributed by atoms with Gasteiger partial charge in [0.05, 0.1) is 12.1 Å². The van der Waals surface area contributed by atoms with Crippen molar-refractivity contribution < 1.29 is 9.50 Å². The van der Waals surface area contributed by atoms with Crippen LogP contribution >= 0.6 is 24.0 Å². The summed E-state index contributed by atoms with van der Waals surface area (Å²) >= 11 is 5.86. The standard InChI is InChI=1S/C11H13ClFNO.ClH/c12-9-5-7(13)3-4-8(9)10(14)11(15)6-1-2-6;/h3-6,10-11,15H,1-2,14H2;1H/t10-,11+;/m1./s1. The van der Waals surface area contributed by atoms with Crippen molar-refractivity contribution in [1.29, 1.82) is 0 Å². The lowest BCUT2D eigenvalue weighted by atomic mass is 9.99. The third-order valence-electron chi connectivity index (χ3n) is 2.79. The SMILES string of the molecule is Cl.N[C@H](c1ccc(F)cc1Cl)[C@@H](O)C1CC1. The van der Waals surface area contributed by atoms with E-state index in [4.69, 9.17) is 17.3 Å². The van der Waals surface area contributed by atoms with Gasteiger partial charge in [0.1, 0.15) is 5.82 Å². The van der Waals surface area contributed by atoms with Crippen LogP contribution < -0.4 is 5.73 Å². The van der Waals surface area contributed by atoms with Crippen molar-refractivity contribution in [2.24, 2.45) is 11.7 Å². The normalized spacial score (nSPS) is 18.8. The molecule has 0 amide bonds. The van der Waals surface area contributed by atoms with Crippen molar-refractivity contribution >= 4 is 24.0 Å². The minimum atomic E-state index is -0.576. The lowest BCUT2D eigenvalue weighted by molar-refractivity contribution is 0.122. The van der Waals surface area contributed by atoms with E-state index in [9.17, 15) is 9.50 Å². The Morgan fingerprint density at radius 3 is 2.56 bits per heavy atom. The van der Waals surface area contributed by atoms with E-state index < -0.39 is 18.0 Å². The summed E-state index contributed by atoms with van der Waals surface area (Å²) in [5, 5.41) is 10.1. The first-order valence-electron chi connectivity index (χ1n) is 4.98. The van der Waals surface area contributed by atoms with Gasteiger partial charge >= 0.3 is 0 Å². The minimum Gasteiger partial charge on any atom is -0.391 e. The van der Waals surface area contributed by atoms with Gasteiger partial charge in [-0.1, -0.05) is 17.7 Å². The molecule has 3 N–H and O–H groups in total. The zero-order chi connectivity index (χ0) is 11.0.